The fourth-order valence-electron chi connectivity index (χ4n) is 1.38. The Morgan fingerprint density at radius 3 is 2.94 bits per heavy atom. The van der Waals surface area contributed by atoms with Crippen molar-refractivity contribution in [3.05, 3.63) is 34.4 Å². The Morgan fingerprint density at radius 1 is 1.47 bits per heavy atom. The van der Waals surface area contributed by atoms with Crippen LogP contribution in [0, 0.1) is 10.1 Å². The van der Waals surface area contributed by atoms with E-state index in [-0.39, 0.29) is 5.69 Å². The van der Waals surface area contributed by atoms with Crippen LogP contribution in [0.25, 0.3) is 11.4 Å². The number of nitro benzene ring substituents is 1. The second kappa shape index (κ2) is 4.88. The van der Waals surface area contributed by atoms with Gasteiger partial charge in [-0.3, -0.25) is 10.1 Å². The van der Waals surface area contributed by atoms with Crippen LogP contribution in [0.1, 0.15) is 6.92 Å². The predicted octanol–water partition coefficient (Wildman–Crippen LogP) is 2.55. The molecule has 0 saturated heterocycles. The van der Waals surface area contributed by atoms with Gasteiger partial charge in [0.25, 0.3) is 5.69 Å². The Balaban J connectivity index is 2.41. The van der Waals surface area contributed by atoms with E-state index in [1.165, 1.54) is 17.6 Å². The Kier molecular flexibility index (Phi) is 3.29. The highest BCUT2D eigenvalue weighted by molar-refractivity contribution is 7.09. The number of aromatic nitrogens is 2. The molecule has 88 valence electrons. The molecule has 1 aromatic heterocycles. The van der Waals surface area contributed by atoms with Crippen LogP contribution < -0.4 is 5.32 Å². The Bertz CT molecular complexity index is 541. The first-order valence-corrected chi connectivity index (χ1v) is 5.81. The molecule has 0 radical (unpaired) electrons. The molecule has 0 saturated carbocycles. The van der Waals surface area contributed by atoms with Crippen molar-refractivity contribution in [2.24, 2.45) is 0 Å². The van der Waals surface area contributed by atoms with E-state index in [9.17, 15) is 10.1 Å². The molecule has 1 aromatic carbocycles. The van der Waals surface area contributed by atoms with Gasteiger partial charge in [-0.25, -0.2) is 0 Å². The number of hydrogen-bond acceptors (Lipinski definition) is 6. The highest BCUT2D eigenvalue weighted by atomic mass is 32.1. The maximum atomic E-state index is 10.9. The van der Waals surface area contributed by atoms with Crippen LogP contribution in [-0.4, -0.2) is 20.8 Å². The highest BCUT2D eigenvalue weighted by Crippen LogP contribution is 2.29. The molecule has 0 aliphatic rings. The van der Waals surface area contributed by atoms with Gasteiger partial charge in [-0.05, 0) is 13.0 Å². The number of nitro groups is 1. The lowest BCUT2D eigenvalue weighted by Crippen LogP contribution is -1.96. The molecule has 1 heterocycles. The van der Waals surface area contributed by atoms with Crippen LogP contribution in [0.5, 0.6) is 0 Å². The molecule has 6 nitrogen and oxygen atoms in total. The molecular formula is C10H10N4O2S. The van der Waals surface area contributed by atoms with Gasteiger partial charge in [0, 0.05) is 24.1 Å². The van der Waals surface area contributed by atoms with E-state index < -0.39 is 4.92 Å². The average Bonchev–Trinajstić information content (AvgIpc) is 2.78. The third kappa shape index (κ3) is 2.39. The fourth-order valence-corrected chi connectivity index (χ4v) is 2.03. The van der Waals surface area contributed by atoms with Gasteiger partial charge >= 0.3 is 0 Å². The minimum absolute atomic E-state index is 0.0216. The van der Waals surface area contributed by atoms with Crippen LogP contribution in [0.3, 0.4) is 0 Å². The molecule has 7 heteroatoms. The zero-order valence-corrected chi connectivity index (χ0v) is 9.90. The average molecular weight is 250 g/mol. The maximum absolute atomic E-state index is 10.9. The number of benzene rings is 1. The predicted molar refractivity (Wildman–Crippen MR) is 66.2 cm³/mol. The van der Waals surface area contributed by atoms with Crippen molar-refractivity contribution in [3.63, 3.8) is 0 Å². The number of para-hydroxylation sites is 1. The number of hydrogen-bond donors (Lipinski definition) is 1. The number of nitrogens with one attached hydrogen (secondary N) is 1. The first-order chi connectivity index (χ1) is 8.22. The minimum Gasteiger partial charge on any atom is -0.361 e. The van der Waals surface area contributed by atoms with Gasteiger partial charge in [0.1, 0.15) is 0 Å². The second-order valence-electron chi connectivity index (χ2n) is 3.23. The topological polar surface area (TPSA) is 81.0 Å². The van der Waals surface area contributed by atoms with Crippen LogP contribution in [0.2, 0.25) is 0 Å². The Labute approximate surface area is 102 Å². The molecule has 2 aromatic rings. The van der Waals surface area contributed by atoms with Crippen molar-refractivity contribution < 1.29 is 4.92 Å². The molecule has 0 amide bonds. The molecule has 0 atom stereocenters. The van der Waals surface area contributed by atoms with E-state index in [0.717, 1.165) is 6.54 Å². The molecule has 17 heavy (non-hydrogen) atoms. The van der Waals surface area contributed by atoms with Crippen molar-refractivity contribution in [2.75, 3.05) is 11.9 Å². The minimum atomic E-state index is -0.427. The van der Waals surface area contributed by atoms with Crippen molar-refractivity contribution in [2.45, 2.75) is 6.92 Å². The van der Waals surface area contributed by atoms with Crippen LogP contribution in [0.15, 0.2) is 24.3 Å². The summed E-state index contributed by atoms with van der Waals surface area (Å²) in [6.45, 7) is 2.69. The van der Waals surface area contributed by atoms with Gasteiger partial charge in [-0.1, -0.05) is 12.1 Å². The van der Waals surface area contributed by atoms with Crippen LogP contribution in [-0.2, 0) is 0 Å². The van der Waals surface area contributed by atoms with Gasteiger partial charge in [-0.2, -0.15) is 9.36 Å². The summed E-state index contributed by atoms with van der Waals surface area (Å²) < 4.78 is 4.11. The molecule has 0 aliphatic heterocycles. The largest absolute Gasteiger partial charge is 0.361 e. The summed E-state index contributed by atoms with van der Waals surface area (Å²) in [6.07, 6.45) is 0. The summed E-state index contributed by atoms with van der Waals surface area (Å²) in [7, 11) is 0. The monoisotopic (exact) mass is 250 g/mol. The smallest absolute Gasteiger partial charge is 0.280 e. The summed E-state index contributed by atoms with van der Waals surface area (Å²) in [5.74, 6) is 0.387. The third-order valence-electron chi connectivity index (χ3n) is 2.10. The molecular weight excluding hydrogens is 240 g/mol. The lowest BCUT2D eigenvalue weighted by atomic mass is 10.2. The first-order valence-electron chi connectivity index (χ1n) is 5.03. The van der Waals surface area contributed by atoms with E-state index in [0.29, 0.717) is 16.5 Å². The number of nitrogens with zero attached hydrogens (tertiary/aromatic N) is 3. The van der Waals surface area contributed by atoms with Gasteiger partial charge in [0.05, 0.1) is 10.5 Å². The second-order valence-corrected chi connectivity index (χ2v) is 3.98. The molecule has 0 aliphatic carbocycles. The fraction of sp³-hybridized carbons (Fsp3) is 0.200. The normalized spacial score (nSPS) is 10.2. The zero-order chi connectivity index (χ0) is 12.3. The van der Waals surface area contributed by atoms with Crippen molar-refractivity contribution in [1.82, 2.24) is 9.36 Å². The summed E-state index contributed by atoms with van der Waals surface area (Å²) >= 11 is 1.19. The van der Waals surface area contributed by atoms with Crippen molar-refractivity contribution in [1.29, 1.82) is 0 Å². The Morgan fingerprint density at radius 2 is 2.24 bits per heavy atom. The lowest BCUT2D eigenvalue weighted by Gasteiger charge is -1.97. The highest BCUT2D eigenvalue weighted by Gasteiger charge is 2.17. The molecule has 0 unspecified atom stereocenters. The SMILES string of the molecule is CCNc1nc(-c2ccccc2[N+](=O)[O-])ns1. The zero-order valence-electron chi connectivity index (χ0n) is 9.08. The summed E-state index contributed by atoms with van der Waals surface area (Å²) in [6, 6.07) is 6.45. The molecule has 0 spiro atoms. The van der Waals surface area contributed by atoms with Gasteiger partial charge in [0.15, 0.2) is 5.82 Å². The van der Waals surface area contributed by atoms with Gasteiger partial charge in [-0.15, -0.1) is 0 Å². The van der Waals surface area contributed by atoms with Gasteiger partial charge in [0.2, 0.25) is 5.13 Å². The van der Waals surface area contributed by atoms with E-state index >= 15 is 0 Å². The van der Waals surface area contributed by atoms with Gasteiger partial charge < -0.3 is 5.32 Å². The third-order valence-corrected chi connectivity index (χ3v) is 2.77. The van der Waals surface area contributed by atoms with E-state index in [2.05, 4.69) is 14.7 Å². The van der Waals surface area contributed by atoms with E-state index in [4.69, 9.17) is 0 Å². The number of anilines is 1. The van der Waals surface area contributed by atoms with Crippen molar-refractivity contribution in [3.8, 4) is 11.4 Å². The quantitative estimate of drug-likeness (QED) is 0.666. The van der Waals surface area contributed by atoms with E-state index in [1.54, 1.807) is 18.2 Å². The van der Waals surface area contributed by atoms with E-state index in [1.807, 2.05) is 6.92 Å². The van der Waals surface area contributed by atoms with Crippen LogP contribution in [0.4, 0.5) is 10.8 Å². The maximum Gasteiger partial charge on any atom is 0.280 e. The lowest BCUT2D eigenvalue weighted by molar-refractivity contribution is -0.384. The molecule has 0 bridgehead atoms. The molecule has 0 fully saturated rings. The van der Waals surface area contributed by atoms with Crippen molar-refractivity contribution >= 4 is 22.4 Å². The number of rotatable bonds is 4. The Hall–Kier alpha value is -2.02. The van der Waals surface area contributed by atoms with Crippen LogP contribution >= 0.6 is 11.5 Å². The standard InChI is InChI=1S/C10H10N4O2S/c1-2-11-10-12-9(13-17-10)7-5-3-4-6-8(7)14(15)16/h3-6H,2H2,1H3,(H,11,12,13). The summed E-state index contributed by atoms with van der Waals surface area (Å²) in [5, 5.41) is 14.6. The summed E-state index contributed by atoms with van der Waals surface area (Å²) in [4.78, 5) is 14.6. The summed E-state index contributed by atoms with van der Waals surface area (Å²) in [5.41, 5.74) is 0.464. The molecule has 2 rings (SSSR count). The first kappa shape index (κ1) is 11.5. The molecule has 1 N–H and O–H groups in total.